The number of hydrogen-bond acceptors (Lipinski definition) is 7. The average Bonchev–Trinajstić information content (AvgIpc) is 3.39. The second-order valence-electron chi connectivity index (χ2n) is 7.52. The number of carbonyl (C=O) groups is 1. The second kappa shape index (κ2) is 7.60. The number of hydrogen-bond donors (Lipinski definition) is 2. The number of ether oxygens (including phenoxy) is 1. The molecule has 1 aliphatic heterocycles. The van der Waals surface area contributed by atoms with Crippen LogP contribution in [0.5, 0.6) is 5.88 Å². The molecule has 0 aromatic carbocycles. The summed E-state index contributed by atoms with van der Waals surface area (Å²) in [4.78, 5) is 22.7. The van der Waals surface area contributed by atoms with Crippen LogP contribution < -0.4 is 10.1 Å². The van der Waals surface area contributed by atoms with Gasteiger partial charge in [-0.2, -0.15) is 20.2 Å². The number of rotatable bonds is 6. The van der Waals surface area contributed by atoms with Crippen LogP contribution in [0.25, 0.3) is 11.0 Å². The van der Waals surface area contributed by atoms with E-state index in [2.05, 4.69) is 37.2 Å². The first-order chi connectivity index (χ1) is 14.6. The van der Waals surface area contributed by atoms with E-state index in [1.807, 2.05) is 10.9 Å². The first kappa shape index (κ1) is 18.9. The zero-order valence-electron chi connectivity index (χ0n) is 16.2. The van der Waals surface area contributed by atoms with Crippen molar-refractivity contribution < 1.29 is 9.53 Å². The number of amides is 1. The molecule has 0 bridgehead atoms. The van der Waals surface area contributed by atoms with Crippen LogP contribution in [0.4, 0.5) is 11.6 Å². The Kier molecular flexibility index (Phi) is 4.78. The van der Waals surface area contributed by atoms with Crippen molar-refractivity contribution in [2.45, 2.75) is 37.8 Å². The molecule has 156 valence electrons. The number of fused-ring (bicyclic) bond motifs is 1. The van der Waals surface area contributed by atoms with Crippen molar-refractivity contribution in [1.82, 2.24) is 34.8 Å². The molecule has 2 aliphatic rings. The van der Waals surface area contributed by atoms with E-state index in [9.17, 15) is 4.79 Å². The van der Waals surface area contributed by atoms with Crippen LogP contribution in [0, 0.1) is 0 Å². The molecule has 1 saturated carbocycles. The van der Waals surface area contributed by atoms with Crippen molar-refractivity contribution >= 4 is 40.2 Å². The van der Waals surface area contributed by atoms with Gasteiger partial charge in [0.1, 0.15) is 16.6 Å². The Balaban J connectivity index is 1.40. The molecule has 1 saturated heterocycles. The number of nitrogens with zero attached hydrogens (tertiary/aromatic N) is 6. The zero-order chi connectivity index (χ0) is 20.7. The van der Waals surface area contributed by atoms with Crippen LogP contribution in [-0.4, -0.2) is 59.9 Å². The summed E-state index contributed by atoms with van der Waals surface area (Å²) in [5.41, 5.74) is 1.19. The van der Waals surface area contributed by atoms with Crippen molar-refractivity contribution in [3.8, 4) is 5.88 Å². The smallest absolute Gasteiger partial charge is 0.246 e. The fourth-order valence-corrected chi connectivity index (χ4v) is 3.80. The third kappa shape index (κ3) is 3.70. The Morgan fingerprint density at radius 1 is 1.37 bits per heavy atom. The van der Waals surface area contributed by atoms with E-state index in [1.54, 1.807) is 11.1 Å². The van der Waals surface area contributed by atoms with Crippen LogP contribution in [-0.2, 0) is 4.79 Å². The molecule has 3 aromatic rings. The van der Waals surface area contributed by atoms with Crippen LogP contribution in [0.1, 0.15) is 31.7 Å². The summed E-state index contributed by atoms with van der Waals surface area (Å²) in [7, 11) is 0. The normalized spacial score (nSPS) is 19.1. The highest BCUT2D eigenvalue weighted by Gasteiger charge is 2.27. The van der Waals surface area contributed by atoms with Crippen molar-refractivity contribution in [1.29, 1.82) is 0 Å². The first-order valence-corrected chi connectivity index (χ1v) is 10.3. The molecule has 2 fully saturated rings. The van der Waals surface area contributed by atoms with Gasteiger partial charge in [-0.3, -0.25) is 14.6 Å². The summed E-state index contributed by atoms with van der Waals surface area (Å²) in [6, 6.07) is 0.487. The van der Waals surface area contributed by atoms with E-state index in [0.717, 1.165) is 31.4 Å². The van der Waals surface area contributed by atoms with Gasteiger partial charge >= 0.3 is 0 Å². The Hall–Kier alpha value is -3.14. The molecule has 4 heterocycles. The molecule has 1 aliphatic carbocycles. The van der Waals surface area contributed by atoms with Crippen LogP contribution in [0.15, 0.2) is 25.0 Å². The summed E-state index contributed by atoms with van der Waals surface area (Å²) in [5.74, 6) is 0.562. The molecule has 3 aromatic heterocycles. The van der Waals surface area contributed by atoms with Crippen LogP contribution >= 0.6 is 11.6 Å². The maximum Gasteiger partial charge on any atom is 0.246 e. The summed E-state index contributed by atoms with van der Waals surface area (Å²) < 4.78 is 8.12. The Labute approximate surface area is 177 Å². The molecule has 0 spiro atoms. The fourth-order valence-electron chi connectivity index (χ4n) is 3.59. The fraction of sp³-hybridized carbons (Fsp3) is 0.421. The zero-order valence-corrected chi connectivity index (χ0v) is 17.0. The summed E-state index contributed by atoms with van der Waals surface area (Å²) in [5, 5.41) is 15.2. The van der Waals surface area contributed by atoms with Gasteiger partial charge in [0.05, 0.1) is 24.5 Å². The molecule has 1 atom stereocenters. The first-order valence-electron chi connectivity index (χ1n) is 9.91. The molecule has 10 nitrogen and oxygen atoms in total. The minimum absolute atomic E-state index is 0.104. The lowest BCUT2D eigenvalue weighted by molar-refractivity contribution is -0.128. The molecular weight excluding hydrogens is 408 g/mol. The average molecular weight is 429 g/mol. The van der Waals surface area contributed by atoms with Gasteiger partial charge in [0, 0.05) is 12.7 Å². The number of anilines is 2. The number of aromatic amines is 1. The van der Waals surface area contributed by atoms with Crippen molar-refractivity contribution in [2.24, 2.45) is 0 Å². The Morgan fingerprint density at radius 3 is 3.03 bits per heavy atom. The number of aromatic nitrogens is 6. The van der Waals surface area contributed by atoms with Gasteiger partial charge < -0.3 is 15.0 Å². The molecule has 2 N–H and O–H groups in total. The van der Waals surface area contributed by atoms with Gasteiger partial charge in [0.2, 0.25) is 17.7 Å². The van der Waals surface area contributed by atoms with E-state index >= 15 is 0 Å². The van der Waals surface area contributed by atoms with Crippen LogP contribution in [0.3, 0.4) is 0 Å². The number of piperidine rings is 1. The predicted molar refractivity (Wildman–Crippen MR) is 111 cm³/mol. The third-order valence-corrected chi connectivity index (χ3v) is 5.53. The number of likely N-dealkylation sites (tertiary alicyclic amines) is 1. The largest absolute Gasteiger partial charge is 0.472 e. The lowest BCUT2D eigenvalue weighted by Crippen LogP contribution is -2.43. The molecule has 1 unspecified atom stereocenters. The Morgan fingerprint density at radius 2 is 2.23 bits per heavy atom. The molecule has 5 rings (SSSR count). The van der Waals surface area contributed by atoms with Gasteiger partial charge in [0.25, 0.3) is 0 Å². The maximum absolute atomic E-state index is 12.0. The van der Waals surface area contributed by atoms with Crippen molar-refractivity contribution in [2.75, 3.05) is 18.4 Å². The molecule has 30 heavy (non-hydrogen) atoms. The summed E-state index contributed by atoms with van der Waals surface area (Å²) >= 11 is 6.27. The van der Waals surface area contributed by atoms with E-state index in [1.165, 1.54) is 6.08 Å². The van der Waals surface area contributed by atoms with Crippen molar-refractivity contribution in [3.05, 3.63) is 30.2 Å². The molecule has 1 amide bonds. The highest BCUT2D eigenvalue weighted by atomic mass is 35.5. The van der Waals surface area contributed by atoms with Gasteiger partial charge in [0.15, 0.2) is 5.65 Å². The van der Waals surface area contributed by atoms with Crippen molar-refractivity contribution in [3.63, 3.8) is 0 Å². The van der Waals surface area contributed by atoms with Crippen LogP contribution in [0.2, 0.25) is 5.15 Å². The number of nitrogens with one attached hydrogen (secondary N) is 2. The molecular formula is C19H21ClN8O2. The van der Waals surface area contributed by atoms with E-state index in [-0.39, 0.29) is 12.0 Å². The van der Waals surface area contributed by atoms with Gasteiger partial charge in [-0.05, 0) is 31.8 Å². The SMILES string of the molecule is C=CC(=O)N1CCCC(Oc2nc(Nc3cnn(C4CC4)c3)nc3n[nH]c(Cl)c23)C1. The highest BCUT2D eigenvalue weighted by molar-refractivity contribution is 6.34. The molecule has 0 radical (unpaired) electrons. The minimum Gasteiger partial charge on any atom is -0.472 e. The lowest BCUT2D eigenvalue weighted by atomic mass is 10.1. The summed E-state index contributed by atoms with van der Waals surface area (Å²) in [6.07, 6.45) is 8.73. The standard InChI is InChI=1S/C19H21ClN8O2/c1-2-14(29)27-7-3-4-13(10-27)30-18-15-16(20)25-26-17(15)23-19(24-18)22-11-8-21-28(9-11)12-5-6-12/h2,8-9,12-13H,1,3-7,10H2,(H2,22,23,24,25,26). The van der Waals surface area contributed by atoms with Gasteiger partial charge in [-0.25, -0.2) is 0 Å². The third-order valence-electron chi connectivity index (χ3n) is 5.26. The summed E-state index contributed by atoms with van der Waals surface area (Å²) in [6.45, 7) is 4.71. The number of halogens is 1. The predicted octanol–water partition coefficient (Wildman–Crippen LogP) is 2.84. The number of H-pyrrole nitrogens is 1. The minimum atomic E-state index is -0.211. The number of carbonyl (C=O) groups excluding carboxylic acids is 1. The highest BCUT2D eigenvalue weighted by Crippen LogP contribution is 2.35. The van der Waals surface area contributed by atoms with E-state index in [0.29, 0.717) is 47.1 Å². The maximum atomic E-state index is 12.0. The lowest BCUT2D eigenvalue weighted by Gasteiger charge is -2.32. The van der Waals surface area contributed by atoms with Gasteiger partial charge in [-0.1, -0.05) is 18.2 Å². The second-order valence-corrected chi connectivity index (χ2v) is 7.90. The Bertz CT molecular complexity index is 1110. The van der Waals surface area contributed by atoms with E-state index in [4.69, 9.17) is 16.3 Å². The monoisotopic (exact) mass is 428 g/mol. The van der Waals surface area contributed by atoms with Gasteiger partial charge in [-0.15, -0.1) is 0 Å². The van der Waals surface area contributed by atoms with E-state index < -0.39 is 0 Å². The topological polar surface area (TPSA) is 114 Å². The quantitative estimate of drug-likeness (QED) is 0.580. The molecule has 11 heteroatoms.